The summed E-state index contributed by atoms with van der Waals surface area (Å²) in [4.78, 5) is 24.2. The van der Waals surface area contributed by atoms with Gasteiger partial charge in [0.05, 0.1) is 5.69 Å². The molecule has 0 unspecified atom stereocenters. The minimum Gasteiger partial charge on any atom is -0.378 e. The van der Waals surface area contributed by atoms with Gasteiger partial charge in [-0.1, -0.05) is 11.8 Å². The molecule has 0 saturated heterocycles. The number of anilines is 1. The van der Waals surface area contributed by atoms with Gasteiger partial charge in [0.15, 0.2) is 0 Å². The second-order valence-electron chi connectivity index (χ2n) is 7.41. The number of hydrogen-bond acceptors (Lipinski definition) is 5. The van der Waals surface area contributed by atoms with E-state index in [0.29, 0.717) is 36.3 Å². The van der Waals surface area contributed by atoms with Crippen molar-refractivity contribution in [3.8, 4) is 23.1 Å². The summed E-state index contributed by atoms with van der Waals surface area (Å²) in [6, 6.07) is 5.71. The van der Waals surface area contributed by atoms with Crippen LogP contribution in [0.3, 0.4) is 0 Å². The minimum absolute atomic E-state index is 0.160. The van der Waals surface area contributed by atoms with Gasteiger partial charge in [0.1, 0.15) is 11.3 Å². The van der Waals surface area contributed by atoms with Crippen molar-refractivity contribution in [3.63, 3.8) is 0 Å². The molecule has 3 aromatic rings. The summed E-state index contributed by atoms with van der Waals surface area (Å²) in [6.45, 7) is 0.338. The normalized spacial score (nSPS) is 17.2. The molecule has 3 heterocycles. The van der Waals surface area contributed by atoms with Crippen LogP contribution in [0.1, 0.15) is 47.3 Å². The van der Waals surface area contributed by atoms with Crippen molar-refractivity contribution in [1.29, 1.82) is 0 Å². The Hall–Kier alpha value is -3.37. The molecule has 1 amide bonds. The van der Waals surface area contributed by atoms with Gasteiger partial charge >= 0.3 is 0 Å². The first-order valence-electron chi connectivity index (χ1n) is 9.34. The molecule has 1 fully saturated rings. The van der Waals surface area contributed by atoms with Gasteiger partial charge in [-0.15, -0.1) is 0 Å². The number of aliphatic hydroxyl groups is 1. The van der Waals surface area contributed by atoms with E-state index in [1.165, 1.54) is 0 Å². The van der Waals surface area contributed by atoms with Crippen LogP contribution in [0.5, 0.6) is 0 Å². The highest BCUT2D eigenvalue weighted by Crippen LogP contribution is 2.36. The number of aromatic nitrogens is 3. The molecule has 0 atom stereocenters. The predicted molar refractivity (Wildman–Crippen MR) is 105 cm³/mol. The highest BCUT2D eigenvalue weighted by Gasteiger charge is 2.29. The second kappa shape index (κ2) is 6.08. The molecule has 1 aromatic carbocycles. The molecule has 7 heteroatoms. The molecule has 1 saturated carbocycles. The van der Waals surface area contributed by atoms with E-state index in [1.54, 1.807) is 6.20 Å². The van der Waals surface area contributed by atoms with Crippen molar-refractivity contribution < 1.29 is 9.90 Å². The SMILES string of the molecule is Nc1ncc2c(n1)-c1c([nH]c3ccc(C#CC4(O)CCCC4)cc13)C(=O)NC2. The monoisotopic (exact) mass is 373 g/mol. The van der Waals surface area contributed by atoms with Crippen LogP contribution < -0.4 is 11.1 Å². The molecule has 5 N–H and O–H groups in total. The van der Waals surface area contributed by atoms with E-state index < -0.39 is 5.60 Å². The molecule has 140 valence electrons. The molecule has 2 aliphatic rings. The topological polar surface area (TPSA) is 117 Å². The maximum absolute atomic E-state index is 12.6. The number of hydrogen-bond donors (Lipinski definition) is 4. The van der Waals surface area contributed by atoms with Gasteiger partial charge in [-0.2, -0.15) is 0 Å². The van der Waals surface area contributed by atoms with Gasteiger partial charge in [-0.3, -0.25) is 4.79 Å². The third kappa shape index (κ3) is 2.70. The van der Waals surface area contributed by atoms with E-state index in [-0.39, 0.29) is 11.9 Å². The van der Waals surface area contributed by atoms with Crippen molar-refractivity contribution in [2.45, 2.75) is 37.8 Å². The Labute approximate surface area is 161 Å². The molecule has 7 nitrogen and oxygen atoms in total. The maximum Gasteiger partial charge on any atom is 0.268 e. The molecule has 0 radical (unpaired) electrons. The maximum atomic E-state index is 12.6. The van der Waals surface area contributed by atoms with E-state index >= 15 is 0 Å². The summed E-state index contributed by atoms with van der Waals surface area (Å²) in [5.41, 5.74) is 9.12. The van der Waals surface area contributed by atoms with E-state index in [9.17, 15) is 9.90 Å². The zero-order chi connectivity index (χ0) is 19.3. The molecule has 28 heavy (non-hydrogen) atoms. The number of aromatic amines is 1. The second-order valence-corrected chi connectivity index (χ2v) is 7.41. The van der Waals surface area contributed by atoms with E-state index in [1.807, 2.05) is 18.2 Å². The number of carbonyl (C=O) groups excluding carboxylic acids is 1. The molecule has 0 bridgehead atoms. The van der Waals surface area contributed by atoms with E-state index in [0.717, 1.165) is 34.9 Å². The van der Waals surface area contributed by atoms with Gasteiger partial charge < -0.3 is 21.1 Å². The summed E-state index contributed by atoms with van der Waals surface area (Å²) in [6.07, 6.45) is 5.08. The first-order chi connectivity index (χ1) is 13.5. The third-order valence-corrected chi connectivity index (χ3v) is 5.46. The van der Waals surface area contributed by atoms with Crippen LogP contribution >= 0.6 is 0 Å². The molecular weight excluding hydrogens is 354 g/mol. The van der Waals surface area contributed by atoms with Gasteiger partial charge in [-0.05, 0) is 43.9 Å². The number of nitrogens with zero attached hydrogens (tertiary/aromatic N) is 2. The fourth-order valence-corrected chi connectivity index (χ4v) is 3.99. The highest BCUT2D eigenvalue weighted by molar-refractivity contribution is 6.10. The van der Waals surface area contributed by atoms with Crippen molar-refractivity contribution in [3.05, 3.63) is 41.2 Å². The zero-order valence-electron chi connectivity index (χ0n) is 15.2. The fraction of sp³-hybridized carbons (Fsp3) is 0.286. The number of H-pyrrole nitrogens is 1. The quantitative estimate of drug-likeness (QED) is 0.450. The first kappa shape index (κ1) is 16.8. The van der Waals surface area contributed by atoms with Gasteiger partial charge in [0, 0.05) is 40.3 Å². The summed E-state index contributed by atoms with van der Waals surface area (Å²) in [7, 11) is 0. The first-order valence-corrected chi connectivity index (χ1v) is 9.34. The van der Waals surface area contributed by atoms with Crippen LogP contribution in [0.4, 0.5) is 5.95 Å². The average molecular weight is 373 g/mol. The van der Waals surface area contributed by atoms with Crippen molar-refractivity contribution in [2.24, 2.45) is 0 Å². The Morgan fingerprint density at radius 2 is 2.07 bits per heavy atom. The summed E-state index contributed by atoms with van der Waals surface area (Å²) in [5, 5.41) is 14.2. The van der Waals surface area contributed by atoms with Gasteiger partial charge in [0.25, 0.3) is 5.91 Å². The minimum atomic E-state index is -0.891. The Morgan fingerprint density at radius 3 is 2.89 bits per heavy atom. The summed E-state index contributed by atoms with van der Waals surface area (Å²) >= 11 is 0. The summed E-state index contributed by atoms with van der Waals surface area (Å²) in [5.74, 6) is 6.10. The van der Waals surface area contributed by atoms with Crippen molar-refractivity contribution >= 4 is 22.8 Å². The van der Waals surface area contributed by atoms with Crippen LogP contribution in [0, 0.1) is 11.8 Å². The third-order valence-electron chi connectivity index (χ3n) is 5.46. The highest BCUT2D eigenvalue weighted by atomic mass is 16.3. The number of fused-ring (bicyclic) bond motifs is 5. The standard InChI is InChI=1S/C21H19N5O2/c22-20-24-11-13-10-23-19(27)18-16(17(13)26-20)14-9-12(3-4-15(14)25-18)5-8-21(28)6-1-2-7-21/h3-4,9,11,25,28H,1-2,6-7,10H2,(H,23,27)(H2,22,24,26). The number of carbonyl (C=O) groups is 1. The molecule has 5 rings (SSSR count). The van der Waals surface area contributed by atoms with Crippen molar-refractivity contribution in [2.75, 3.05) is 5.73 Å². The van der Waals surface area contributed by atoms with Gasteiger partial charge in [0.2, 0.25) is 5.95 Å². The fourth-order valence-electron chi connectivity index (χ4n) is 3.99. The van der Waals surface area contributed by atoms with Gasteiger partial charge in [-0.25, -0.2) is 9.97 Å². The largest absolute Gasteiger partial charge is 0.378 e. The van der Waals surface area contributed by atoms with Crippen LogP contribution in [-0.4, -0.2) is 31.6 Å². The smallest absolute Gasteiger partial charge is 0.268 e. The number of amides is 1. The molecular formula is C21H19N5O2. The Kier molecular flexibility index (Phi) is 3.64. The number of nitrogens with two attached hydrogens (primary N) is 1. The lowest BCUT2D eigenvalue weighted by atomic mass is 10.0. The molecule has 2 aromatic heterocycles. The number of nitrogen functional groups attached to an aromatic ring is 1. The van der Waals surface area contributed by atoms with Crippen LogP contribution in [0.25, 0.3) is 22.2 Å². The lowest BCUT2D eigenvalue weighted by Crippen LogP contribution is -2.21. The molecule has 1 aliphatic heterocycles. The van der Waals surface area contributed by atoms with E-state index in [2.05, 4.69) is 32.1 Å². The van der Waals surface area contributed by atoms with Crippen LogP contribution in [0.15, 0.2) is 24.4 Å². The number of nitrogens with one attached hydrogen (secondary N) is 2. The van der Waals surface area contributed by atoms with E-state index in [4.69, 9.17) is 5.73 Å². The predicted octanol–water partition coefficient (Wildman–Crippen LogP) is 2.11. The number of rotatable bonds is 0. The lowest BCUT2D eigenvalue weighted by molar-refractivity contribution is 0.0948. The molecule has 1 aliphatic carbocycles. The average Bonchev–Trinajstić information content (AvgIpc) is 3.25. The number of benzene rings is 1. The lowest BCUT2D eigenvalue weighted by Gasteiger charge is -2.12. The Morgan fingerprint density at radius 1 is 1.25 bits per heavy atom. The zero-order valence-corrected chi connectivity index (χ0v) is 15.2. The summed E-state index contributed by atoms with van der Waals surface area (Å²) < 4.78 is 0. The van der Waals surface area contributed by atoms with Crippen molar-refractivity contribution in [1.82, 2.24) is 20.3 Å². The Balaban J connectivity index is 1.69. The van der Waals surface area contributed by atoms with Crippen LogP contribution in [-0.2, 0) is 6.54 Å². The Bertz CT molecular complexity index is 1180. The molecule has 0 spiro atoms. The van der Waals surface area contributed by atoms with Crippen LogP contribution in [0.2, 0.25) is 0 Å².